The van der Waals surface area contributed by atoms with Gasteiger partial charge in [-0.2, -0.15) is 5.26 Å². The molecule has 2 aromatic carbocycles. The third-order valence-corrected chi connectivity index (χ3v) is 2.63. The normalized spacial score (nSPS) is 11.4. The molecule has 4 nitrogen and oxygen atoms in total. The molecule has 5 heteroatoms. The third kappa shape index (κ3) is 2.93. The van der Waals surface area contributed by atoms with Crippen molar-refractivity contribution in [1.82, 2.24) is 0 Å². The Kier molecular flexibility index (Phi) is 3.96. The number of carbonyl (C=O) groups is 1. The predicted octanol–water partition coefficient (Wildman–Crippen LogP) is 2.90. The maximum absolute atomic E-state index is 13.7. The van der Waals surface area contributed by atoms with Gasteiger partial charge >= 0.3 is 5.97 Å². The second-order valence-corrected chi connectivity index (χ2v) is 4.00. The molecule has 20 heavy (non-hydrogen) atoms. The van der Waals surface area contributed by atoms with Gasteiger partial charge in [-0.1, -0.05) is 30.3 Å². The fourth-order valence-corrected chi connectivity index (χ4v) is 1.68. The van der Waals surface area contributed by atoms with Gasteiger partial charge in [0.2, 0.25) is 6.10 Å². The summed E-state index contributed by atoms with van der Waals surface area (Å²) in [5.41, 5.74) is 0.546. The van der Waals surface area contributed by atoms with Crippen LogP contribution in [0.5, 0.6) is 5.75 Å². The summed E-state index contributed by atoms with van der Waals surface area (Å²) < 4.78 is 18.9. The third-order valence-electron chi connectivity index (χ3n) is 2.63. The molecule has 0 spiro atoms. The van der Waals surface area contributed by atoms with Gasteiger partial charge in [0.05, 0.1) is 11.6 Å². The van der Waals surface area contributed by atoms with Crippen LogP contribution in [0.25, 0.3) is 0 Å². The molecule has 1 N–H and O–H groups in total. The number of benzene rings is 2. The molecule has 0 radical (unpaired) electrons. The molecule has 100 valence electrons. The number of carboxylic acids is 1. The van der Waals surface area contributed by atoms with Crippen molar-refractivity contribution >= 4 is 5.97 Å². The number of hydrogen-bond acceptors (Lipinski definition) is 3. The van der Waals surface area contributed by atoms with E-state index in [1.807, 2.05) is 0 Å². The van der Waals surface area contributed by atoms with Gasteiger partial charge in [0.15, 0.2) is 11.6 Å². The van der Waals surface area contributed by atoms with Crippen molar-refractivity contribution in [2.75, 3.05) is 0 Å². The molecule has 0 fully saturated rings. The highest BCUT2D eigenvalue weighted by Gasteiger charge is 2.23. The van der Waals surface area contributed by atoms with Crippen molar-refractivity contribution in [3.05, 3.63) is 65.5 Å². The van der Waals surface area contributed by atoms with E-state index in [0.717, 1.165) is 6.07 Å². The molecule has 1 unspecified atom stereocenters. The van der Waals surface area contributed by atoms with Gasteiger partial charge in [0.1, 0.15) is 0 Å². The van der Waals surface area contributed by atoms with E-state index in [1.54, 1.807) is 36.4 Å². The SMILES string of the molecule is N#Cc1ccc(OC(C(=O)O)c2ccccc2)c(F)c1. The molecule has 0 aromatic heterocycles. The Morgan fingerprint density at radius 3 is 2.50 bits per heavy atom. The Morgan fingerprint density at radius 2 is 1.95 bits per heavy atom. The molecule has 0 heterocycles. The topological polar surface area (TPSA) is 70.3 Å². The van der Waals surface area contributed by atoms with Crippen LogP contribution >= 0.6 is 0 Å². The van der Waals surface area contributed by atoms with Crippen LogP contribution in [0.1, 0.15) is 17.2 Å². The fourth-order valence-electron chi connectivity index (χ4n) is 1.68. The Labute approximate surface area is 114 Å². The first-order valence-electron chi connectivity index (χ1n) is 5.76. The van der Waals surface area contributed by atoms with E-state index in [1.165, 1.54) is 12.1 Å². The first-order valence-corrected chi connectivity index (χ1v) is 5.76. The average molecular weight is 271 g/mol. The van der Waals surface area contributed by atoms with Crippen LogP contribution in [0.2, 0.25) is 0 Å². The molecule has 0 bridgehead atoms. The van der Waals surface area contributed by atoms with E-state index in [4.69, 9.17) is 10.00 Å². The van der Waals surface area contributed by atoms with Gasteiger partial charge in [-0.05, 0) is 18.2 Å². The second-order valence-electron chi connectivity index (χ2n) is 4.00. The van der Waals surface area contributed by atoms with Crippen LogP contribution in [0, 0.1) is 17.1 Å². The summed E-state index contributed by atoms with van der Waals surface area (Å²) in [6, 6.07) is 13.6. The van der Waals surface area contributed by atoms with E-state index in [0.29, 0.717) is 5.56 Å². The molecule has 0 saturated heterocycles. The average Bonchev–Trinajstić information content (AvgIpc) is 2.46. The van der Waals surface area contributed by atoms with E-state index in [2.05, 4.69) is 0 Å². The van der Waals surface area contributed by atoms with Crippen molar-refractivity contribution in [1.29, 1.82) is 5.26 Å². The summed E-state index contributed by atoms with van der Waals surface area (Å²) in [6.07, 6.45) is -1.31. The van der Waals surface area contributed by atoms with Gasteiger partial charge < -0.3 is 9.84 Å². The molecule has 0 saturated carbocycles. The molecule has 0 aliphatic rings. The minimum Gasteiger partial charge on any atom is -0.478 e. The van der Waals surface area contributed by atoms with Crippen molar-refractivity contribution < 1.29 is 19.0 Å². The summed E-state index contributed by atoms with van der Waals surface area (Å²) in [5.74, 6) is -2.20. The monoisotopic (exact) mass is 271 g/mol. The molecule has 0 aliphatic carbocycles. The highest BCUT2D eigenvalue weighted by atomic mass is 19.1. The summed E-state index contributed by atoms with van der Waals surface area (Å²) in [5, 5.41) is 17.8. The zero-order chi connectivity index (χ0) is 14.5. The molecular weight excluding hydrogens is 261 g/mol. The number of rotatable bonds is 4. The summed E-state index contributed by atoms with van der Waals surface area (Å²) >= 11 is 0. The van der Waals surface area contributed by atoms with Gasteiger partial charge in [0, 0.05) is 5.56 Å². The van der Waals surface area contributed by atoms with Crippen LogP contribution < -0.4 is 4.74 Å². The maximum Gasteiger partial charge on any atom is 0.349 e. The Bertz CT molecular complexity index is 665. The number of nitriles is 1. The summed E-state index contributed by atoms with van der Waals surface area (Å²) in [6.45, 7) is 0. The lowest BCUT2D eigenvalue weighted by atomic mass is 10.1. The molecule has 0 aliphatic heterocycles. The van der Waals surface area contributed by atoms with E-state index < -0.39 is 17.9 Å². The quantitative estimate of drug-likeness (QED) is 0.928. The van der Waals surface area contributed by atoms with Gasteiger partial charge in [-0.3, -0.25) is 0 Å². The molecule has 1 atom stereocenters. The highest BCUT2D eigenvalue weighted by Crippen LogP contribution is 2.25. The van der Waals surface area contributed by atoms with E-state index in [9.17, 15) is 14.3 Å². The van der Waals surface area contributed by atoms with Crippen molar-refractivity contribution in [3.63, 3.8) is 0 Å². The number of aliphatic carboxylic acids is 1. The molecule has 0 amide bonds. The molecule has 2 rings (SSSR count). The van der Waals surface area contributed by atoms with Crippen LogP contribution in [-0.4, -0.2) is 11.1 Å². The van der Waals surface area contributed by atoms with Gasteiger partial charge in [-0.25, -0.2) is 9.18 Å². The zero-order valence-electron chi connectivity index (χ0n) is 10.3. The second kappa shape index (κ2) is 5.85. The summed E-state index contributed by atoms with van der Waals surface area (Å²) in [7, 11) is 0. The smallest absolute Gasteiger partial charge is 0.349 e. The lowest BCUT2D eigenvalue weighted by Gasteiger charge is -2.15. The van der Waals surface area contributed by atoms with Gasteiger partial charge in [0.25, 0.3) is 0 Å². The maximum atomic E-state index is 13.7. The number of ether oxygens (including phenoxy) is 1. The number of hydrogen-bond donors (Lipinski definition) is 1. The van der Waals surface area contributed by atoms with Crippen LogP contribution in [-0.2, 0) is 4.79 Å². The van der Waals surface area contributed by atoms with Crippen LogP contribution in [0.15, 0.2) is 48.5 Å². The van der Waals surface area contributed by atoms with Crippen LogP contribution in [0.3, 0.4) is 0 Å². The fraction of sp³-hybridized carbons (Fsp3) is 0.0667. The zero-order valence-corrected chi connectivity index (χ0v) is 10.3. The lowest BCUT2D eigenvalue weighted by molar-refractivity contribution is -0.145. The molecule has 2 aromatic rings. The minimum absolute atomic E-state index is 0.140. The minimum atomic E-state index is -1.31. The Morgan fingerprint density at radius 1 is 1.25 bits per heavy atom. The number of carboxylic acid groups (broad SMARTS) is 1. The van der Waals surface area contributed by atoms with Crippen molar-refractivity contribution in [2.24, 2.45) is 0 Å². The number of nitrogens with zero attached hydrogens (tertiary/aromatic N) is 1. The summed E-state index contributed by atoms with van der Waals surface area (Å²) in [4.78, 5) is 11.2. The largest absolute Gasteiger partial charge is 0.478 e. The Hall–Kier alpha value is -2.87. The standard InChI is InChI=1S/C15H10FNO3/c16-12-8-10(9-17)6-7-13(12)20-14(15(18)19)11-4-2-1-3-5-11/h1-8,14H,(H,18,19). The number of halogens is 1. The first-order chi connectivity index (χ1) is 9.61. The van der Waals surface area contributed by atoms with Crippen LogP contribution in [0.4, 0.5) is 4.39 Å². The van der Waals surface area contributed by atoms with E-state index in [-0.39, 0.29) is 11.3 Å². The molecular formula is C15H10FNO3. The van der Waals surface area contributed by atoms with E-state index >= 15 is 0 Å². The highest BCUT2D eigenvalue weighted by molar-refractivity contribution is 5.74. The van der Waals surface area contributed by atoms with Gasteiger partial charge in [-0.15, -0.1) is 0 Å². The van der Waals surface area contributed by atoms with Crippen molar-refractivity contribution in [3.8, 4) is 11.8 Å². The Balaban J connectivity index is 2.30. The predicted molar refractivity (Wildman–Crippen MR) is 68.6 cm³/mol. The lowest BCUT2D eigenvalue weighted by Crippen LogP contribution is -2.18. The van der Waals surface area contributed by atoms with Crippen molar-refractivity contribution in [2.45, 2.75) is 6.10 Å². The first kappa shape index (κ1) is 13.6.